The molecule has 0 atom stereocenters. The van der Waals surface area contributed by atoms with Crippen LogP contribution in [0.1, 0.15) is 10.4 Å². The second-order valence-electron chi connectivity index (χ2n) is 3.79. The highest BCUT2D eigenvalue weighted by molar-refractivity contribution is 9.10. The zero-order valence-electron chi connectivity index (χ0n) is 9.95. The molecule has 0 spiro atoms. The summed E-state index contributed by atoms with van der Waals surface area (Å²) < 4.78 is 27.2. The molecule has 2 aromatic rings. The molecule has 6 nitrogen and oxygen atoms in total. The Morgan fingerprint density at radius 2 is 1.85 bits per heavy atom. The Kier molecular flexibility index (Phi) is 4.05. The van der Waals surface area contributed by atoms with E-state index in [-0.39, 0.29) is 10.5 Å². The summed E-state index contributed by atoms with van der Waals surface area (Å²) in [4.78, 5) is 14.5. The minimum Gasteiger partial charge on any atom is -0.478 e. The number of nitrogens with one attached hydrogen (secondary N) is 1. The molecule has 1 heterocycles. The second-order valence-corrected chi connectivity index (χ2v) is 6.33. The third kappa shape index (κ3) is 3.14. The number of sulfonamides is 1. The van der Waals surface area contributed by atoms with Crippen LogP contribution < -0.4 is 4.72 Å². The van der Waals surface area contributed by atoms with Crippen LogP contribution >= 0.6 is 15.9 Å². The van der Waals surface area contributed by atoms with E-state index < -0.39 is 16.0 Å². The predicted octanol–water partition coefficient (Wildman–Crippen LogP) is 2.34. The minimum absolute atomic E-state index is 0.0220. The van der Waals surface area contributed by atoms with Gasteiger partial charge in [-0.1, -0.05) is 0 Å². The van der Waals surface area contributed by atoms with Gasteiger partial charge in [0.25, 0.3) is 10.0 Å². The van der Waals surface area contributed by atoms with E-state index >= 15 is 0 Å². The number of hydrogen-bond acceptors (Lipinski definition) is 4. The molecule has 0 amide bonds. The van der Waals surface area contributed by atoms with Crippen molar-refractivity contribution in [1.29, 1.82) is 0 Å². The van der Waals surface area contributed by atoms with Gasteiger partial charge in [0, 0.05) is 12.4 Å². The van der Waals surface area contributed by atoms with Gasteiger partial charge in [-0.25, -0.2) is 13.2 Å². The number of carboxylic acids is 1. The van der Waals surface area contributed by atoms with Crippen molar-refractivity contribution in [1.82, 2.24) is 4.98 Å². The van der Waals surface area contributed by atoms with Crippen molar-refractivity contribution in [3.8, 4) is 0 Å². The summed E-state index contributed by atoms with van der Waals surface area (Å²) in [5, 5.41) is 8.77. The van der Waals surface area contributed by atoms with Gasteiger partial charge in [0.1, 0.15) is 0 Å². The van der Waals surface area contributed by atoms with Crippen molar-refractivity contribution in [3.05, 3.63) is 52.8 Å². The lowest BCUT2D eigenvalue weighted by atomic mass is 10.2. The normalized spacial score (nSPS) is 11.1. The summed E-state index contributed by atoms with van der Waals surface area (Å²) in [6.45, 7) is 0. The molecular formula is C12H9BrN2O4S. The monoisotopic (exact) mass is 356 g/mol. The number of benzene rings is 1. The first-order chi connectivity index (χ1) is 9.40. The first-order valence-corrected chi connectivity index (χ1v) is 7.63. The van der Waals surface area contributed by atoms with Gasteiger partial charge in [0.05, 0.1) is 20.6 Å². The number of halogens is 1. The van der Waals surface area contributed by atoms with Crippen LogP contribution in [0.2, 0.25) is 0 Å². The van der Waals surface area contributed by atoms with Crippen LogP contribution in [0.15, 0.2) is 52.1 Å². The molecule has 1 aromatic carbocycles. The number of rotatable bonds is 4. The molecule has 8 heteroatoms. The molecule has 20 heavy (non-hydrogen) atoms. The average molecular weight is 357 g/mol. The lowest BCUT2D eigenvalue weighted by Gasteiger charge is -2.09. The topological polar surface area (TPSA) is 96.4 Å². The summed E-state index contributed by atoms with van der Waals surface area (Å²) in [7, 11) is -3.78. The maximum atomic E-state index is 12.1. The van der Waals surface area contributed by atoms with Gasteiger partial charge in [0.2, 0.25) is 0 Å². The maximum Gasteiger partial charge on any atom is 0.335 e. The fourth-order valence-corrected chi connectivity index (χ4v) is 3.00. The van der Waals surface area contributed by atoms with Crippen LogP contribution in [0.3, 0.4) is 0 Å². The quantitative estimate of drug-likeness (QED) is 0.876. The molecule has 0 aliphatic heterocycles. The van der Waals surface area contributed by atoms with Crippen molar-refractivity contribution in [2.45, 2.75) is 4.90 Å². The van der Waals surface area contributed by atoms with Gasteiger partial charge in [-0.05, 0) is 46.3 Å². The van der Waals surface area contributed by atoms with Gasteiger partial charge in [-0.2, -0.15) is 0 Å². The first-order valence-electron chi connectivity index (χ1n) is 5.36. The summed E-state index contributed by atoms with van der Waals surface area (Å²) in [6.07, 6.45) is 2.92. The van der Waals surface area contributed by atoms with E-state index in [9.17, 15) is 13.2 Å². The van der Waals surface area contributed by atoms with Crippen LogP contribution in [0.4, 0.5) is 5.69 Å². The maximum absolute atomic E-state index is 12.1. The van der Waals surface area contributed by atoms with Gasteiger partial charge < -0.3 is 5.11 Å². The van der Waals surface area contributed by atoms with E-state index in [4.69, 9.17) is 5.11 Å². The molecule has 0 bridgehead atoms. The van der Waals surface area contributed by atoms with E-state index in [1.54, 1.807) is 0 Å². The Morgan fingerprint density at radius 1 is 1.20 bits per heavy atom. The Balaban J connectivity index is 2.31. The van der Waals surface area contributed by atoms with Crippen molar-refractivity contribution >= 4 is 37.6 Å². The molecule has 0 saturated heterocycles. The zero-order chi connectivity index (χ0) is 14.8. The van der Waals surface area contributed by atoms with Crippen molar-refractivity contribution in [2.24, 2.45) is 0 Å². The number of anilines is 1. The first kappa shape index (κ1) is 14.5. The van der Waals surface area contributed by atoms with E-state index in [1.807, 2.05) is 0 Å². The molecule has 0 fully saturated rings. The number of carbonyl (C=O) groups is 1. The van der Waals surface area contributed by atoms with Gasteiger partial charge >= 0.3 is 5.97 Å². The van der Waals surface area contributed by atoms with Crippen LogP contribution in [0, 0.1) is 0 Å². The predicted molar refractivity (Wildman–Crippen MR) is 76.1 cm³/mol. The molecule has 0 aliphatic rings. The molecule has 0 saturated carbocycles. The molecule has 0 aliphatic carbocycles. The standard InChI is InChI=1S/C12H9BrN2O4S/c13-10-7-14-6-5-11(10)15-20(18,19)9-3-1-8(2-4-9)12(16)17/h1-7H,(H,14,15)(H,16,17). The molecular weight excluding hydrogens is 348 g/mol. The fraction of sp³-hybridized carbons (Fsp3) is 0. The Morgan fingerprint density at radius 3 is 2.40 bits per heavy atom. The van der Waals surface area contributed by atoms with Gasteiger partial charge in [-0.15, -0.1) is 0 Å². The lowest BCUT2D eigenvalue weighted by molar-refractivity contribution is 0.0697. The Labute approximate surface area is 123 Å². The third-order valence-electron chi connectivity index (χ3n) is 2.43. The van der Waals surface area contributed by atoms with E-state index in [2.05, 4.69) is 25.6 Å². The third-order valence-corrected chi connectivity index (χ3v) is 4.44. The van der Waals surface area contributed by atoms with Crippen molar-refractivity contribution in [2.75, 3.05) is 4.72 Å². The number of aromatic carboxylic acids is 1. The fourth-order valence-electron chi connectivity index (χ4n) is 1.44. The highest BCUT2D eigenvalue weighted by atomic mass is 79.9. The molecule has 1 aromatic heterocycles. The lowest BCUT2D eigenvalue weighted by Crippen LogP contribution is -2.13. The van der Waals surface area contributed by atoms with E-state index in [0.29, 0.717) is 10.2 Å². The highest BCUT2D eigenvalue weighted by Crippen LogP contribution is 2.23. The molecule has 2 rings (SSSR count). The Bertz CT molecular complexity index is 744. The van der Waals surface area contributed by atoms with Crippen LogP contribution in [0.25, 0.3) is 0 Å². The van der Waals surface area contributed by atoms with E-state index in [0.717, 1.165) is 0 Å². The SMILES string of the molecule is O=C(O)c1ccc(S(=O)(=O)Nc2ccncc2Br)cc1. The van der Waals surface area contributed by atoms with Crippen molar-refractivity contribution < 1.29 is 18.3 Å². The number of aromatic nitrogens is 1. The van der Waals surface area contributed by atoms with Gasteiger partial charge in [0.15, 0.2) is 0 Å². The minimum atomic E-state index is -3.78. The molecule has 0 radical (unpaired) electrons. The molecule has 104 valence electrons. The van der Waals surface area contributed by atoms with Crippen molar-refractivity contribution in [3.63, 3.8) is 0 Å². The second kappa shape index (κ2) is 5.59. The average Bonchev–Trinajstić information content (AvgIpc) is 2.41. The summed E-state index contributed by atoms with van der Waals surface area (Å²) in [5.41, 5.74) is 0.372. The summed E-state index contributed by atoms with van der Waals surface area (Å²) >= 11 is 3.19. The summed E-state index contributed by atoms with van der Waals surface area (Å²) in [6, 6.07) is 6.45. The molecule has 0 unspecified atom stereocenters. The highest BCUT2D eigenvalue weighted by Gasteiger charge is 2.16. The zero-order valence-corrected chi connectivity index (χ0v) is 12.3. The number of carboxylic acid groups (broad SMARTS) is 1. The Hall–Kier alpha value is -1.93. The van der Waals surface area contributed by atoms with Gasteiger partial charge in [-0.3, -0.25) is 9.71 Å². The van der Waals surface area contributed by atoms with Crippen LogP contribution in [-0.2, 0) is 10.0 Å². The summed E-state index contributed by atoms with van der Waals surface area (Å²) in [5.74, 6) is -1.11. The van der Waals surface area contributed by atoms with Crippen LogP contribution in [-0.4, -0.2) is 24.5 Å². The number of pyridine rings is 1. The number of hydrogen-bond donors (Lipinski definition) is 2. The smallest absolute Gasteiger partial charge is 0.335 e. The number of nitrogens with zero attached hydrogens (tertiary/aromatic N) is 1. The van der Waals surface area contributed by atoms with E-state index in [1.165, 1.54) is 42.7 Å². The molecule has 2 N–H and O–H groups in total. The largest absolute Gasteiger partial charge is 0.478 e. The van der Waals surface area contributed by atoms with Crippen LogP contribution in [0.5, 0.6) is 0 Å².